The van der Waals surface area contributed by atoms with Crippen molar-refractivity contribution in [1.29, 1.82) is 0 Å². The molecule has 7 heteroatoms. The molecule has 1 amide bonds. The molecule has 0 saturated carbocycles. The number of phenolic OH excluding ortho intramolecular Hbond substituents is 1. The highest BCUT2D eigenvalue weighted by molar-refractivity contribution is 5.82. The van der Waals surface area contributed by atoms with E-state index < -0.39 is 0 Å². The summed E-state index contributed by atoms with van der Waals surface area (Å²) in [6.45, 7) is 2.17. The zero-order chi connectivity index (χ0) is 18.3. The fraction of sp³-hybridized carbons (Fsp3) is 0.316. The van der Waals surface area contributed by atoms with Gasteiger partial charge in [-0.15, -0.1) is 10.2 Å². The number of amides is 1. The molecule has 1 fully saturated rings. The lowest BCUT2D eigenvalue weighted by Crippen LogP contribution is -2.49. The Bertz CT molecular complexity index is 959. The first-order valence-electron chi connectivity index (χ1n) is 8.58. The number of fused-ring (bicyclic) bond motifs is 1. The number of aromatic nitrogens is 3. The van der Waals surface area contributed by atoms with Crippen LogP contribution in [0.15, 0.2) is 36.4 Å². The number of carbonyl (C=O) groups is 1. The number of aromatic hydroxyl groups is 1. The zero-order valence-electron chi connectivity index (χ0n) is 14.8. The van der Waals surface area contributed by atoms with Gasteiger partial charge in [-0.1, -0.05) is 12.1 Å². The molecule has 2 N–H and O–H groups in total. The first kappa shape index (κ1) is 16.5. The van der Waals surface area contributed by atoms with E-state index in [2.05, 4.69) is 26.1 Å². The Kier molecular flexibility index (Phi) is 4.08. The molecule has 1 saturated heterocycles. The molecular weight excluding hydrogens is 330 g/mol. The minimum absolute atomic E-state index is 0.123. The molecule has 0 aliphatic carbocycles. The lowest BCUT2D eigenvalue weighted by atomic mass is 9.96. The van der Waals surface area contributed by atoms with Crippen molar-refractivity contribution < 1.29 is 9.90 Å². The van der Waals surface area contributed by atoms with Gasteiger partial charge in [-0.3, -0.25) is 9.69 Å². The Morgan fingerprint density at radius 1 is 1.27 bits per heavy atom. The van der Waals surface area contributed by atoms with Gasteiger partial charge in [0.15, 0.2) is 5.65 Å². The van der Waals surface area contributed by atoms with E-state index in [1.54, 1.807) is 31.1 Å². The first-order valence-corrected chi connectivity index (χ1v) is 8.58. The summed E-state index contributed by atoms with van der Waals surface area (Å²) in [4.78, 5) is 18.9. The van der Waals surface area contributed by atoms with Crippen LogP contribution in [0.5, 0.6) is 5.75 Å². The van der Waals surface area contributed by atoms with Crippen molar-refractivity contribution in [2.24, 2.45) is 0 Å². The minimum Gasteiger partial charge on any atom is -0.507 e. The molecule has 1 aliphatic heterocycles. The number of phenols is 1. The van der Waals surface area contributed by atoms with E-state index in [4.69, 9.17) is 0 Å². The van der Waals surface area contributed by atoms with E-state index in [1.165, 1.54) is 0 Å². The van der Waals surface area contributed by atoms with Crippen LogP contribution in [-0.2, 0) is 4.79 Å². The van der Waals surface area contributed by atoms with Crippen LogP contribution in [0.2, 0.25) is 0 Å². The molecule has 134 valence electrons. The van der Waals surface area contributed by atoms with Gasteiger partial charge < -0.3 is 15.0 Å². The van der Waals surface area contributed by atoms with Crippen LogP contribution in [0.1, 0.15) is 11.6 Å². The van der Waals surface area contributed by atoms with Crippen molar-refractivity contribution in [3.8, 4) is 17.0 Å². The summed E-state index contributed by atoms with van der Waals surface area (Å²) in [7, 11) is 3.55. The van der Waals surface area contributed by atoms with Gasteiger partial charge in [-0.25, -0.2) is 0 Å². The van der Waals surface area contributed by atoms with E-state index in [1.807, 2.05) is 18.2 Å². The predicted octanol–water partition coefficient (Wildman–Crippen LogP) is 1.82. The number of nitrogens with one attached hydrogen (secondary N) is 1. The predicted molar refractivity (Wildman–Crippen MR) is 98.9 cm³/mol. The van der Waals surface area contributed by atoms with Crippen molar-refractivity contribution in [2.75, 3.05) is 33.7 Å². The molecule has 0 radical (unpaired) electrons. The van der Waals surface area contributed by atoms with E-state index in [0.717, 1.165) is 29.8 Å². The molecule has 3 aromatic rings. The van der Waals surface area contributed by atoms with Gasteiger partial charge in [-0.2, -0.15) is 0 Å². The van der Waals surface area contributed by atoms with Crippen LogP contribution in [-0.4, -0.2) is 69.7 Å². The molecular formula is C19H21N5O2. The van der Waals surface area contributed by atoms with Crippen LogP contribution in [0.25, 0.3) is 22.3 Å². The Balaban J connectivity index is 1.51. The number of hydrogen-bond acceptors (Lipinski definition) is 5. The van der Waals surface area contributed by atoms with Gasteiger partial charge in [0.1, 0.15) is 5.75 Å². The van der Waals surface area contributed by atoms with Crippen molar-refractivity contribution in [2.45, 2.75) is 5.92 Å². The number of nitrogens with zero attached hydrogens (tertiary/aromatic N) is 4. The number of rotatable bonds is 4. The fourth-order valence-electron chi connectivity index (χ4n) is 3.22. The Morgan fingerprint density at radius 3 is 2.77 bits per heavy atom. The standard InChI is InChI=1S/C19H21N5O2/c1-23(2)18(26)11-24-9-13(10-24)15-7-12-8-16(21-22-19(12)20-15)14-5-3-4-6-17(14)25/h3-8,13,25H,9-11H2,1-2H3,(H,20,22). The molecule has 0 unspecified atom stereocenters. The summed E-state index contributed by atoms with van der Waals surface area (Å²) in [5, 5.41) is 19.5. The maximum Gasteiger partial charge on any atom is 0.236 e. The molecule has 0 bridgehead atoms. The summed E-state index contributed by atoms with van der Waals surface area (Å²) in [6.07, 6.45) is 0. The molecule has 1 aromatic carbocycles. The number of para-hydroxylation sites is 1. The highest BCUT2D eigenvalue weighted by Crippen LogP contribution is 2.31. The van der Waals surface area contributed by atoms with Gasteiger partial charge in [-0.05, 0) is 24.3 Å². The third-order valence-electron chi connectivity index (χ3n) is 4.83. The third kappa shape index (κ3) is 3.01. The van der Waals surface area contributed by atoms with Crippen LogP contribution >= 0.6 is 0 Å². The SMILES string of the molecule is CN(C)C(=O)CN1CC(c2cc3cc(-c4ccccc4O)nnc3[nH]2)C1. The highest BCUT2D eigenvalue weighted by Gasteiger charge is 2.31. The molecule has 0 spiro atoms. The largest absolute Gasteiger partial charge is 0.507 e. The van der Waals surface area contributed by atoms with Crippen LogP contribution in [0.3, 0.4) is 0 Å². The number of likely N-dealkylation sites (tertiary alicyclic amines) is 1. The van der Waals surface area contributed by atoms with Crippen molar-refractivity contribution in [3.63, 3.8) is 0 Å². The van der Waals surface area contributed by atoms with Crippen molar-refractivity contribution >= 4 is 16.9 Å². The zero-order valence-corrected chi connectivity index (χ0v) is 14.8. The molecule has 7 nitrogen and oxygen atoms in total. The quantitative estimate of drug-likeness (QED) is 0.749. The smallest absolute Gasteiger partial charge is 0.236 e. The second-order valence-corrected chi connectivity index (χ2v) is 6.95. The summed E-state index contributed by atoms with van der Waals surface area (Å²) >= 11 is 0. The average molecular weight is 351 g/mol. The van der Waals surface area contributed by atoms with E-state index >= 15 is 0 Å². The topological polar surface area (TPSA) is 85.3 Å². The molecule has 0 atom stereocenters. The fourth-order valence-corrected chi connectivity index (χ4v) is 3.22. The number of hydrogen-bond donors (Lipinski definition) is 2. The van der Waals surface area contributed by atoms with Gasteiger partial charge >= 0.3 is 0 Å². The summed E-state index contributed by atoms with van der Waals surface area (Å²) in [5.41, 5.74) is 3.16. The Morgan fingerprint density at radius 2 is 2.04 bits per heavy atom. The maximum absolute atomic E-state index is 11.8. The normalized spacial score (nSPS) is 15.2. The van der Waals surface area contributed by atoms with Crippen molar-refractivity contribution in [3.05, 3.63) is 42.1 Å². The van der Waals surface area contributed by atoms with Crippen LogP contribution in [0, 0.1) is 0 Å². The summed E-state index contributed by atoms with van der Waals surface area (Å²) < 4.78 is 0. The second-order valence-electron chi connectivity index (χ2n) is 6.95. The number of aromatic amines is 1. The summed E-state index contributed by atoms with van der Waals surface area (Å²) in [5.74, 6) is 0.683. The van der Waals surface area contributed by atoms with Gasteiger partial charge in [0.25, 0.3) is 0 Å². The van der Waals surface area contributed by atoms with E-state index in [0.29, 0.717) is 23.7 Å². The molecule has 4 rings (SSSR count). The van der Waals surface area contributed by atoms with Crippen molar-refractivity contribution in [1.82, 2.24) is 25.0 Å². The summed E-state index contributed by atoms with van der Waals surface area (Å²) in [6, 6.07) is 11.1. The highest BCUT2D eigenvalue weighted by atomic mass is 16.3. The number of carbonyl (C=O) groups excluding carboxylic acids is 1. The van der Waals surface area contributed by atoms with Crippen LogP contribution < -0.4 is 0 Å². The minimum atomic E-state index is 0.123. The monoisotopic (exact) mass is 351 g/mol. The van der Waals surface area contributed by atoms with Crippen LogP contribution in [0.4, 0.5) is 0 Å². The van der Waals surface area contributed by atoms with Gasteiger partial charge in [0.05, 0.1) is 12.2 Å². The van der Waals surface area contributed by atoms with Gasteiger partial charge in [0, 0.05) is 49.7 Å². The lowest BCUT2D eigenvalue weighted by molar-refractivity contribution is -0.131. The number of likely N-dealkylation sites (N-methyl/N-ethyl adjacent to an activating group) is 1. The maximum atomic E-state index is 11.8. The Hall–Kier alpha value is -2.93. The average Bonchev–Trinajstić information content (AvgIpc) is 3.00. The molecule has 1 aliphatic rings. The molecule has 2 aromatic heterocycles. The molecule has 26 heavy (non-hydrogen) atoms. The lowest BCUT2D eigenvalue weighted by Gasteiger charge is -2.38. The first-order chi connectivity index (χ1) is 12.5. The molecule has 3 heterocycles. The number of benzene rings is 1. The third-order valence-corrected chi connectivity index (χ3v) is 4.83. The Labute approximate surface area is 151 Å². The second kappa shape index (κ2) is 6.42. The number of H-pyrrole nitrogens is 1. The van der Waals surface area contributed by atoms with Gasteiger partial charge in [0.2, 0.25) is 5.91 Å². The van der Waals surface area contributed by atoms with E-state index in [9.17, 15) is 9.90 Å². The van der Waals surface area contributed by atoms with E-state index in [-0.39, 0.29) is 11.7 Å².